The molecule has 2 heterocycles. The number of carbonyl (C=O) groups is 1. The average Bonchev–Trinajstić information content (AvgIpc) is 2.32. The minimum atomic E-state index is -0.857. The number of amides is 1. The minimum Gasteiger partial charge on any atom is -0.506 e. The van der Waals surface area contributed by atoms with Gasteiger partial charge < -0.3 is 15.1 Å². The number of nitrogens with zero attached hydrogens (tertiary/aromatic N) is 3. The summed E-state index contributed by atoms with van der Waals surface area (Å²) in [5.74, 6) is 0.155. The maximum atomic E-state index is 10.9. The van der Waals surface area contributed by atoms with Crippen molar-refractivity contribution in [1.29, 1.82) is 0 Å². The lowest BCUT2D eigenvalue weighted by Crippen LogP contribution is -2.53. The molecule has 1 aromatic heterocycles. The molecule has 6 heteroatoms. The number of pyridine rings is 1. The molecule has 6 nitrogen and oxygen atoms in total. The first-order valence-corrected chi connectivity index (χ1v) is 5.92. The third-order valence-corrected chi connectivity index (χ3v) is 3.15. The second kappa shape index (κ2) is 5.22. The highest BCUT2D eigenvalue weighted by molar-refractivity contribution is 5.65. The molecule has 18 heavy (non-hydrogen) atoms. The lowest BCUT2D eigenvalue weighted by molar-refractivity contribution is 0.0706. The Hall–Kier alpha value is -1.82. The molecule has 1 aliphatic heterocycles. The van der Waals surface area contributed by atoms with E-state index in [1.165, 1.54) is 11.1 Å². The van der Waals surface area contributed by atoms with Gasteiger partial charge in [0.25, 0.3) is 0 Å². The van der Waals surface area contributed by atoms with Crippen LogP contribution in [0.15, 0.2) is 18.3 Å². The normalized spacial score (nSPS) is 20.9. The molecule has 1 unspecified atom stereocenters. The fourth-order valence-electron chi connectivity index (χ4n) is 2.20. The second-order valence-corrected chi connectivity index (χ2v) is 4.57. The Morgan fingerprint density at radius 2 is 2.28 bits per heavy atom. The highest BCUT2D eigenvalue weighted by Crippen LogP contribution is 2.13. The van der Waals surface area contributed by atoms with Crippen LogP contribution in [0.5, 0.6) is 5.75 Å². The molecule has 0 saturated carbocycles. The standard InChI is InChI=1S/C12H17N3O3/c1-9-7-14(4-5-15(9)12(17)18)8-10-2-3-11(16)6-13-10/h2-3,6,9,16H,4-5,7-8H2,1H3,(H,17,18). The number of aromatic hydroxyl groups is 1. The van der Waals surface area contributed by atoms with Gasteiger partial charge in [0.2, 0.25) is 0 Å². The number of rotatable bonds is 2. The van der Waals surface area contributed by atoms with Crippen LogP contribution in [0.25, 0.3) is 0 Å². The lowest BCUT2D eigenvalue weighted by Gasteiger charge is -2.38. The molecule has 1 aromatic rings. The highest BCUT2D eigenvalue weighted by Gasteiger charge is 2.26. The van der Waals surface area contributed by atoms with E-state index in [0.29, 0.717) is 26.2 Å². The number of piperazine rings is 1. The summed E-state index contributed by atoms with van der Waals surface area (Å²) in [4.78, 5) is 18.7. The Bertz CT molecular complexity index is 421. The molecule has 0 aromatic carbocycles. The van der Waals surface area contributed by atoms with Gasteiger partial charge in [-0.3, -0.25) is 9.88 Å². The maximum Gasteiger partial charge on any atom is 0.407 e. The van der Waals surface area contributed by atoms with Crippen LogP contribution in [0.3, 0.4) is 0 Å². The zero-order valence-corrected chi connectivity index (χ0v) is 10.3. The van der Waals surface area contributed by atoms with Crippen LogP contribution >= 0.6 is 0 Å². The Kier molecular flexibility index (Phi) is 3.66. The van der Waals surface area contributed by atoms with Crippen molar-refractivity contribution in [2.45, 2.75) is 19.5 Å². The fourth-order valence-corrected chi connectivity index (χ4v) is 2.20. The van der Waals surface area contributed by atoms with Gasteiger partial charge in [-0.2, -0.15) is 0 Å². The SMILES string of the molecule is CC1CN(Cc2ccc(O)cn2)CCN1C(=O)O. The van der Waals surface area contributed by atoms with Crippen molar-refractivity contribution in [2.75, 3.05) is 19.6 Å². The summed E-state index contributed by atoms with van der Waals surface area (Å²) in [5.41, 5.74) is 0.878. The number of hydrogen-bond donors (Lipinski definition) is 2. The van der Waals surface area contributed by atoms with Crippen molar-refractivity contribution in [3.8, 4) is 5.75 Å². The lowest BCUT2D eigenvalue weighted by atomic mass is 10.2. The Labute approximate surface area is 105 Å². The first kappa shape index (κ1) is 12.6. The number of carboxylic acid groups (broad SMARTS) is 1. The van der Waals surface area contributed by atoms with Gasteiger partial charge in [-0.1, -0.05) is 0 Å². The molecule has 1 fully saturated rings. The summed E-state index contributed by atoms with van der Waals surface area (Å²) in [5, 5.41) is 18.1. The second-order valence-electron chi connectivity index (χ2n) is 4.57. The molecular formula is C12H17N3O3. The van der Waals surface area contributed by atoms with Crippen LogP contribution in [0, 0.1) is 0 Å². The summed E-state index contributed by atoms with van der Waals surface area (Å²) in [6.45, 7) is 4.52. The number of aromatic nitrogens is 1. The van der Waals surface area contributed by atoms with E-state index in [1.807, 2.05) is 6.92 Å². The molecule has 0 spiro atoms. The van der Waals surface area contributed by atoms with Gasteiger partial charge in [0.15, 0.2) is 0 Å². The zero-order valence-electron chi connectivity index (χ0n) is 10.3. The van der Waals surface area contributed by atoms with Crippen LogP contribution in [-0.4, -0.2) is 56.8 Å². The molecule has 2 N–H and O–H groups in total. The molecule has 1 aliphatic rings. The molecule has 0 radical (unpaired) electrons. The van der Waals surface area contributed by atoms with Crippen molar-refractivity contribution in [3.05, 3.63) is 24.0 Å². The minimum absolute atomic E-state index is 0.00614. The van der Waals surface area contributed by atoms with Gasteiger partial charge in [0.1, 0.15) is 5.75 Å². The molecule has 0 bridgehead atoms. The molecule has 1 atom stereocenters. The summed E-state index contributed by atoms with van der Waals surface area (Å²) in [7, 11) is 0. The van der Waals surface area contributed by atoms with Crippen molar-refractivity contribution < 1.29 is 15.0 Å². The average molecular weight is 251 g/mol. The predicted molar refractivity (Wildman–Crippen MR) is 65.4 cm³/mol. The Morgan fingerprint density at radius 3 is 2.83 bits per heavy atom. The van der Waals surface area contributed by atoms with E-state index < -0.39 is 6.09 Å². The maximum absolute atomic E-state index is 10.9. The Balaban J connectivity index is 1.93. The van der Waals surface area contributed by atoms with Crippen molar-refractivity contribution >= 4 is 6.09 Å². The van der Waals surface area contributed by atoms with E-state index in [0.717, 1.165) is 5.69 Å². The van der Waals surface area contributed by atoms with Crippen molar-refractivity contribution in [1.82, 2.24) is 14.8 Å². The smallest absolute Gasteiger partial charge is 0.407 e. The van der Waals surface area contributed by atoms with Crippen LogP contribution in [0.4, 0.5) is 4.79 Å². The Morgan fingerprint density at radius 1 is 1.50 bits per heavy atom. The predicted octanol–water partition coefficient (Wildman–Crippen LogP) is 0.971. The molecular weight excluding hydrogens is 234 g/mol. The van der Waals surface area contributed by atoms with Gasteiger partial charge in [-0.25, -0.2) is 4.79 Å². The van der Waals surface area contributed by atoms with E-state index in [2.05, 4.69) is 9.88 Å². The van der Waals surface area contributed by atoms with Gasteiger partial charge >= 0.3 is 6.09 Å². The topological polar surface area (TPSA) is 76.9 Å². The van der Waals surface area contributed by atoms with E-state index >= 15 is 0 Å². The van der Waals surface area contributed by atoms with E-state index in [1.54, 1.807) is 12.1 Å². The van der Waals surface area contributed by atoms with Crippen molar-refractivity contribution in [3.63, 3.8) is 0 Å². The third kappa shape index (κ3) is 2.89. The van der Waals surface area contributed by atoms with Crippen LogP contribution in [0.1, 0.15) is 12.6 Å². The molecule has 1 saturated heterocycles. The zero-order chi connectivity index (χ0) is 13.1. The molecule has 1 amide bonds. The largest absolute Gasteiger partial charge is 0.506 e. The highest BCUT2D eigenvalue weighted by atomic mass is 16.4. The van der Waals surface area contributed by atoms with E-state index in [-0.39, 0.29) is 11.8 Å². The van der Waals surface area contributed by atoms with Crippen LogP contribution in [-0.2, 0) is 6.54 Å². The summed E-state index contributed by atoms with van der Waals surface area (Å²) in [6, 6.07) is 3.39. The summed E-state index contributed by atoms with van der Waals surface area (Å²) >= 11 is 0. The number of hydrogen-bond acceptors (Lipinski definition) is 4. The van der Waals surface area contributed by atoms with E-state index in [9.17, 15) is 4.79 Å². The molecule has 98 valence electrons. The summed E-state index contributed by atoms with van der Waals surface area (Å²) < 4.78 is 0. The first-order chi connectivity index (χ1) is 8.56. The van der Waals surface area contributed by atoms with Crippen molar-refractivity contribution in [2.24, 2.45) is 0 Å². The quantitative estimate of drug-likeness (QED) is 0.819. The van der Waals surface area contributed by atoms with Gasteiger partial charge in [0, 0.05) is 32.2 Å². The van der Waals surface area contributed by atoms with Crippen LogP contribution in [0.2, 0.25) is 0 Å². The molecule has 0 aliphatic carbocycles. The first-order valence-electron chi connectivity index (χ1n) is 5.92. The fraction of sp³-hybridized carbons (Fsp3) is 0.500. The van der Waals surface area contributed by atoms with Gasteiger partial charge in [0.05, 0.1) is 11.9 Å². The summed E-state index contributed by atoms with van der Waals surface area (Å²) in [6.07, 6.45) is 0.566. The molecule has 2 rings (SSSR count). The van der Waals surface area contributed by atoms with Gasteiger partial charge in [-0.05, 0) is 19.1 Å². The van der Waals surface area contributed by atoms with Gasteiger partial charge in [-0.15, -0.1) is 0 Å². The van der Waals surface area contributed by atoms with E-state index in [4.69, 9.17) is 10.2 Å². The van der Waals surface area contributed by atoms with Crippen LogP contribution < -0.4 is 0 Å². The third-order valence-electron chi connectivity index (χ3n) is 3.15. The monoisotopic (exact) mass is 251 g/mol.